The van der Waals surface area contributed by atoms with Crippen molar-refractivity contribution in [1.29, 1.82) is 5.26 Å². The average Bonchev–Trinajstić information content (AvgIpc) is 2.03. The average molecular weight is 168 g/mol. The molecular formula is C8H12N2O2. The van der Waals surface area contributed by atoms with Crippen LogP contribution in [0.2, 0.25) is 0 Å². The summed E-state index contributed by atoms with van der Waals surface area (Å²) in [4.78, 5) is 12.5. The molecule has 0 unspecified atom stereocenters. The van der Waals surface area contributed by atoms with E-state index in [2.05, 4.69) is 4.74 Å². The summed E-state index contributed by atoms with van der Waals surface area (Å²) < 4.78 is 4.47. The molecule has 0 aliphatic rings. The highest BCUT2D eigenvalue weighted by Gasteiger charge is 2.11. The fraction of sp³-hybridized carbons (Fsp3) is 0.500. The largest absolute Gasteiger partial charge is 0.466 e. The molecule has 0 aliphatic carbocycles. The first-order valence-corrected chi connectivity index (χ1v) is 3.41. The number of methoxy groups -OCH3 is 1. The molecule has 0 aromatic carbocycles. The van der Waals surface area contributed by atoms with Gasteiger partial charge in [-0.15, -0.1) is 0 Å². The maximum Gasteiger partial charge on any atom is 0.336 e. The van der Waals surface area contributed by atoms with Gasteiger partial charge in [0, 0.05) is 14.1 Å². The van der Waals surface area contributed by atoms with Crippen LogP contribution in [0.5, 0.6) is 0 Å². The monoisotopic (exact) mass is 168 g/mol. The molecule has 4 heteroatoms. The zero-order valence-corrected chi connectivity index (χ0v) is 7.71. The molecule has 0 heterocycles. The normalized spacial score (nSPS) is 11.2. The summed E-state index contributed by atoms with van der Waals surface area (Å²) in [5, 5.41) is 8.65. The van der Waals surface area contributed by atoms with E-state index in [-0.39, 0.29) is 0 Å². The Labute approximate surface area is 72.0 Å². The van der Waals surface area contributed by atoms with Crippen LogP contribution in [-0.4, -0.2) is 32.1 Å². The van der Waals surface area contributed by atoms with Crippen molar-refractivity contribution in [2.24, 2.45) is 0 Å². The van der Waals surface area contributed by atoms with Gasteiger partial charge in [0.1, 0.15) is 11.8 Å². The molecule has 0 radical (unpaired) electrons. The summed E-state index contributed by atoms with van der Waals surface area (Å²) in [5.41, 5.74) is 0.645. The second-order valence-corrected chi connectivity index (χ2v) is 2.47. The van der Waals surface area contributed by atoms with Crippen molar-refractivity contribution in [3.05, 3.63) is 11.3 Å². The SMILES string of the molecule is COC(=O)/C(C)=C(\C#N)N(C)C. The van der Waals surface area contributed by atoms with E-state index in [1.807, 2.05) is 6.07 Å². The van der Waals surface area contributed by atoms with Gasteiger partial charge >= 0.3 is 5.97 Å². The van der Waals surface area contributed by atoms with Crippen LogP contribution in [-0.2, 0) is 9.53 Å². The lowest BCUT2D eigenvalue weighted by molar-refractivity contribution is -0.136. The minimum absolute atomic E-state index is 0.321. The molecule has 0 aromatic rings. The molecule has 0 rings (SSSR count). The Kier molecular flexibility index (Phi) is 3.84. The molecule has 4 nitrogen and oxygen atoms in total. The van der Waals surface area contributed by atoms with Crippen LogP contribution in [0.4, 0.5) is 0 Å². The molecule has 0 amide bonds. The molecule has 0 atom stereocenters. The first-order chi connectivity index (χ1) is 5.54. The van der Waals surface area contributed by atoms with E-state index < -0.39 is 5.97 Å². The Morgan fingerprint density at radius 2 is 2.00 bits per heavy atom. The summed E-state index contributed by atoms with van der Waals surface area (Å²) >= 11 is 0. The molecule has 0 saturated heterocycles. The molecule has 66 valence electrons. The number of nitriles is 1. The third-order valence-corrected chi connectivity index (χ3v) is 1.40. The number of nitrogens with zero attached hydrogens (tertiary/aromatic N) is 2. The number of rotatable bonds is 2. The Bertz CT molecular complexity index is 248. The third-order valence-electron chi connectivity index (χ3n) is 1.40. The second-order valence-electron chi connectivity index (χ2n) is 2.47. The minimum Gasteiger partial charge on any atom is -0.466 e. The molecule has 0 aromatic heterocycles. The van der Waals surface area contributed by atoms with Crippen molar-refractivity contribution in [3.63, 3.8) is 0 Å². The Balaban J connectivity index is 4.88. The molecule has 0 aliphatic heterocycles. The molecule has 0 fully saturated rings. The lowest BCUT2D eigenvalue weighted by Gasteiger charge is -2.12. The Morgan fingerprint density at radius 1 is 1.50 bits per heavy atom. The fourth-order valence-electron chi connectivity index (χ4n) is 0.769. The third kappa shape index (κ3) is 2.27. The van der Waals surface area contributed by atoms with Crippen LogP contribution in [0.25, 0.3) is 0 Å². The van der Waals surface area contributed by atoms with Crippen LogP contribution in [0.3, 0.4) is 0 Å². The van der Waals surface area contributed by atoms with E-state index >= 15 is 0 Å². The van der Waals surface area contributed by atoms with Crippen molar-refractivity contribution in [3.8, 4) is 6.07 Å². The van der Waals surface area contributed by atoms with Crippen LogP contribution in [0.1, 0.15) is 6.92 Å². The van der Waals surface area contributed by atoms with E-state index in [0.29, 0.717) is 11.3 Å². The minimum atomic E-state index is -0.472. The summed E-state index contributed by atoms with van der Waals surface area (Å²) in [6.07, 6.45) is 0. The van der Waals surface area contributed by atoms with Gasteiger partial charge in [-0.1, -0.05) is 0 Å². The highest BCUT2D eigenvalue weighted by Crippen LogP contribution is 2.06. The van der Waals surface area contributed by atoms with Crippen molar-refractivity contribution in [2.75, 3.05) is 21.2 Å². The van der Waals surface area contributed by atoms with Crippen LogP contribution < -0.4 is 0 Å². The number of carbonyl (C=O) groups is 1. The summed E-state index contributed by atoms with van der Waals surface area (Å²) in [6.45, 7) is 1.56. The van der Waals surface area contributed by atoms with Crippen LogP contribution in [0, 0.1) is 11.3 Å². The number of allylic oxidation sites excluding steroid dienone is 1. The van der Waals surface area contributed by atoms with Gasteiger partial charge in [-0.05, 0) is 6.92 Å². The van der Waals surface area contributed by atoms with Gasteiger partial charge in [0.15, 0.2) is 0 Å². The first kappa shape index (κ1) is 10.5. The van der Waals surface area contributed by atoms with Crippen molar-refractivity contribution >= 4 is 5.97 Å². The standard InChI is InChI=1S/C8H12N2O2/c1-6(8(11)12-4)7(5-9)10(2)3/h1-4H3/b7-6+. The maximum atomic E-state index is 11.0. The zero-order valence-electron chi connectivity index (χ0n) is 7.71. The predicted octanol–water partition coefficient (Wildman–Crippen LogP) is 0.519. The predicted molar refractivity (Wildman–Crippen MR) is 44.0 cm³/mol. The summed E-state index contributed by atoms with van der Waals surface area (Å²) in [5.74, 6) is -0.472. The number of hydrogen-bond acceptors (Lipinski definition) is 4. The van der Waals surface area contributed by atoms with Gasteiger partial charge in [0.25, 0.3) is 0 Å². The van der Waals surface area contributed by atoms with Gasteiger partial charge in [-0.3, -0.25) is 0 Å². The number of ether oxygens (including phenoxy) is 1. The quantitative estimate of drug-likeness (QED) is 0.342. The molecule has 0 spiro atoms. The van der Waals surface area contributed by atoms with E-state index in [0.717, 1.165) is 0 Å². The van der Waals surface area contributed by atoms with Crippen LogP contribution in [0.15, 0.2) is 11.3 Å². The molecule has 0 bridgehead atoms. The van der Waals surface area contributed by atoms with Crippen molar-refractivity contribution in [1.82, 2.24) is 4.90 Å². The van der Waals surface area contributed by atoms with Crippen LogP contribution >= 0.6 is 0 Å². The number of hydrogen-bond donors (Lipinski definition) is 0. The lowest BCUT2D eigenvalue weighted by atomic mass is 10.2. The van der Waals surface area contributed by atoms with E-state index in [1.54, 1.807) is 25.9 Å². The fourth-order valence-corrected chi connectivity index (χ4v) is 0.769. The highest BCUT2D eigenvalue weighted by molar-refractivity contribution is 5.89. The van der Waals surface area contributed by atoms with Gasteiger partial charge < -0.3 is 9.64 Å². The smallest absolute Gasteiger partial charge is 0.336 e. The first-order valence-electron chi connectivity index (χ1n) is 3.41. The Morgan fingerprint density at radius 3 is 2.25 bits per heavy atom. The topological polar surface area (TPSA) is 53.3 Å². The van der Waals surface area contributed by atoms with Crippen molar-refractivity contribution < 1.29 is 9.53 Å². The second kappa shape index (κ2) is 4.39. The van der Waals surface area contributed by atoms with E-state index in [9.17, 15) is 4.79 Å². The van der Waals surface area contributed by atoms with Gasteiger partial charge in [-0.25, -0.2) is 4.79 Å². The van der Waals surface area contributed by atoms with E-state index in [1.165, 1.54) is 7.11 Å². The van der Waals surface area contributed by atoms with Gasteiger partial charge in [0.05, 0.1) is 12.7 Å². The Hall–Kier alpha value is -1.50. The number of carbonyl (C=O) groups excluding carboxylic acids is 1. The summed E-state index contributed by atoms with van der Waals surface area (Å²) in [6, 6.07) is 1.92. The van der Waals surface area contributed by atoms with Gasteiger partial charge in [0.2, 0.25) is 0 Å². The van der Waals surface area contributed by atoms with Gasteiger partial charge in [-0.2, -0.15) is 5.26 Å². The zero-order chi connectivity index (χ0) is 9.72. The van der Waals surface area contributed by atoms with E-state index in [4.69, 9.17) is 5.26 Å². The molecule has 0 N–H and O–H groups in total. The summed E-state index contributed by atoms with van der Waals surface area (Å²) in [7, 11) is 4.69. The molecule has 12 heavy (non-hydrogen) atoms. The highest BCUT2D eigenvalue weighted by atomic mass is 16.5. The molecule has 0 saturated carbocycles. The maximum absolute atomic E-state index is 11.0. The van der Waals surface area contributed by atoms with Crippen molar-refractivity contribution in [2.45, 2.75) is 6.92 Å². The molecular weight excluding hydrogens is 156 g/mol. The lowest BCUT2D eigenvalue weighted by Crippen LogP contribution is -2.15. The number of esters is 1.